The summed E-state index contributed by atoms with van der Waals surface area (Å²) in [6, 6.07) is 18.6. The van der Waals surface area contributed by atoms with Crippen molar-refractivity contribution in [3.63, 3.8) is 0 Å². The van der Waals surface area contributed by atoms with Crippen LogP contribution in [0.4, 0.5) is 5.69 Å². The predicted octanol–water partition coefficient (Wildman–Crippen LogP) is 4.50. The minimum absolute atomic E-state index is 0.175. The van der Waals surface area contributed by atoms with E-state index in [1.165, 1.54) is 4.57 Å². The van der Waals surface area contributed by atoms with Gasteiger partial charge in [-0.15, -0.1) is 0 Å². The number of rotatable bonds is 6. The highest BCUT2D eigenvalue weighted by Crippen LogP contribution is 2.23. The molecule has 1 aromatic heterocycles. The maximum Gasteiger partial charge on any atom is 0.262 e. The summed E-state index contributed by atoms with van der Waals surface area (Å²) in [6.07, 6.45) is 0.685. The predicted molar refractivity (Wildman–Crippen MR) is 122 cm³/mol. The van der Waals surface area contributed by atoms with E-state index in [4.69, 9.17) is 17.0 Å². The molecule has 0 aliphatic rings. The fourth-order valence-corrected chi connectivity index (χ4v) is 3.78. The fraction of sp³-hybridized carbons (Fsp3) is 0.174. The Bertz CT molecular complexity index is 1350. The zero-order chi connectivity index (χ0) is 21.1. The quantitative estimate of drug-likeness (QED) is 0.356. The lowest BCUT2D eigenvalue weighted by Gasteiger charge is -2.11. The topological polar surface area (TPSA) is 76.1 Å². The van der Waals surface area contributed by atoms with Crippen LogP contribution in [0.5, 0.6) is 0 Å². The normalized spacial score (nSPS) is 11.1. The summed E-state index contributed by atoms with van der Waals surface area (Å²) in [7, 11) is 1.62. The number of H-pyrrole nitrogens is 1. The molecule has 1 heterocycles. The van der Waals surface area contributed by atoms with Crippen LogP contribution in [0.2, 0.25) is 0 Å². The van der Waals surface area contributed by atoms with Crippen LogP contribution in [-0.4, -0.2) is 29.2 Å². The van der Waals surface area contributed by atoms with Crippen LogP contribution in [0.1, 0.15) is 16.8 Å². The van der Waals surface area contributed by atoms with Gasteiger partial charge in [0.1, 0.15) is 0 Å². The van der Waals surface area contributed by atoms with Crippen molar-refractivity contribution >= 4 is 45.5 Å². The summed E-state index contributed by atoms with van der Waals surface area (Å²) < 4.78 is 6.89. The molecule has 152 valence electrons. The molecule has 0 atom stereocenters. The number of amides is 1. The average Bonchev–Trinajstić information content (AvgIpc) is 2.76. The van der Waals surface area contributed by atoms with E-state index in [1.807, 2.05) is 42.5 Å². The minimum atomic E-state index is -0.253. The van der Waals surface area contributed by atoms with E-state index in [0.717, 1.165) is 16.5 Å². The van der Waals surface area contributed by atoms with Gasteiger partial charge in [-0.1, -0.05) is 36.4 Å². The summed E-state index contributed by atoms with van der Waals surface area (Å²) in [4.78, 5) is 28.7. The third kappa shape index (κ3) is 3.90. The molecule has 0 radical (unpaired) electrons. The van der Waals surface area contributed by atoms with Gasteiger partial charge in [0.25, 0.3) is 11.5 Å². The van der Waals surface area contributed by atoms with Crippen LogP contribution in [0.15, 0.2) is 65.5 Å². The molecule has 1 amide bonds. The van der Waals surface area contributed by atoms with E-state index in [9.17, 15) is 9.59 Å². The molecule has 7 heteroatoms. The third-order valence-corrected chi connectivity index (χ3v) is 5.33. The van der Waals surface area contributed by atoms with Gasteiger partial charge in [-0.25, -0.2) is 0 Å². The number of hydrogen-bond acceptors (Lipinski definition) is 4. The van der Waals surface area contributed by atoms with Crippen molar-refractivity contribution in [1.82, 2.24) is 9.55 Å². The first-order chi connectivity index (χ1) is 14.6. The molecule has 4 aromatic rings. The molecule has 0 aliphatic heterocycles. The van der Waals surface area contributed by atoms with Crippen molar-refractivity contribution in [1.29, 1.82) is 0 Å². The number of methoxy groups -OCH3 is 1. The van der Waals surface area contributed by atoms with Gasteiger partial charge >= 0.3 is 0 Å². The van der Waals surface area contributed by atoms with Crippen molar-refractivity contribution < 1.29 is 9.53 Å². The first kappa shape index (κ1) is 20.0. The molecule has 0 saturated carbocycles. The molecule has 4 rings (SSSR count). The molecular weight excluding hydrogens is 398 g/mol. The number of ether oxygens (including phenoxy) is 1. The Morgan fingerprint density at radius 1 is 1.10 bits per heavy atom. The summed E-state index contributed by atoms with van der Waals surface area (Å²) in [5.41, 5.74) is 1.54. The first-order valence-electron chi connectivity index (χ1n) is 9.63. The maximum absolute atomic E-state index is 12.9. The second-order valence-corrected chi connectivity index (χ2v) is 7.36. The highest BCUT2D eigenvalue weighted by Gasteiger charge is 2.12. The molecule has 0 unspecified atom stereocenters. The van der Waals surface area contributed by atoms with Crippen molar-refractivity contribution in [3.05, 3.63) is 81.4 Å². The summed E-state index contributed by atoms with van der Waals surface area (Å²) in [6.45, 7) is 1.02. The zero-order valence-corrected chi connectivity index (χ0v) is 17.3. The Hall–Kier alpha value is -3.29. The molecule has 30 heavy (non-hydrogen) atoms. The van der Waals surface area contributed by atoms with Gasteiger partial charge in [0, 0.05) is 36.9 Å². The largest absolute Gasteiger partial charge is 0.385 e. The molecule has 3 aromatic carbocycles. The minimum Gasteiger partial charge on any atom is -0.385 e. The van der Waals surface area contributed by atoms with E-state index in [0.29, 0.717) is 40.8 Å². The average molecular weight is 420 g/mol. The number of fused-ring (bicyclic) bond motifs is 2. The lowest BCUT2D eigenvalue weighted by Crippen LogP contribution is -2.23. The highest BCUT2D eigenvalue weighted by atomic mass is 32.1. The summed E-state index contributed by atoms with van der Waals surface area (Å²) in [5, 5.41) is 5.47. The zero-order valence-electron chi connectivity index (χ0n) is 16.5. The van der Waals surface area contributed by atoms with E-state index in [1.54, 1.807) is 25.3 Å². The lowest BCUT2D eigenvalue weighted by molar-refractivity contribution is 0.102. The highest BCUT2D eigenvalue weighted by molar-refractivity contribution is 7.71. The van der Waals surface area contributed by atoms with Crippen LogP contribution >= 0.6 is 12.2 Å². The van der Waals surface area contributed by atoms with Crippen LogP contribution in [0.25, 0.3) is 21.7 Å². The van der Waals surface area contributed by atoms with Crippen molar-refractivity contribution in [2.24, 2.45) is 0 Å². The number of anilines is 1. The van der Waals surface area contributed by atoms with Crippen molar-refractivity contribution in [2.75, 3.05) is 19.0 Å². The van der Waals surface area contributed by atoms with Crippen molar-refractivity contribution in [2.45, 2.75) is 13.0 Å². The number of benzene rings is 3. The summed E-state index contributed by atoms with van der Waals surface area (Å²) >= 11 is 5.35. The van der Waals surface area contributed by atoms with Gasteiger partial charge in [-0.2, -0.15) is 0 Å². The van der Waals surface area contributed by atoms with Crippen LogP contribution in [0, 0.1) is 4.77 Å². The smallest absolute Gasteiger partial charge is 0.262 e. The van der Waals surface area contributed by atoms with E-state index in [2.05, 4.69) is 10.3 Å². The van der Waals surface area contributed by atoms with E-state index in [-0.39, 0.29) is 11.5 Å². The number of carbonyl (C=O) groups is 1. The second-order valence-electron chi connectivity index (χ2n) is 6.97. The number of carbonyl (C=O) groups excluding carboxylic acids is 1. The van der Waals surface area contributed by atoms with Gasteiger partial charge in [-0.05, 0) is 48.3 Å². The number of nitrogens with one attached hydrogen (secondary N) is 2. The molecule has 2 N–H and O–H groups in total. The SMILES string of the molecule is COCCCn1c(=S)[nH]c2cc(C(=O)Nc3cccc4ccccc34)ccc2c1=O. The van der Waals surface area contributed by atoms with Crippen LogP contribution in [-0.2, 0) is 11.3 Å². The van der Waals surface area contributed by atoms with E-state index >= 15 is 0 Å². The molecule has 6 nitrogen and oxygen atoms in total. The van der Waals surface area contributed by atoms with Crippen LogP contribution in [0.3, 0.4) is 0 Å². The van der Waals surface area contributed by atoms with Crippen molar-refractivity contribution in [3.8, 4) is 0 Å². The number of aromatic amines is 1. The Kier molecular flexibility index (Phi) is 5.74. The number of hydrogen-bond donors (Lipinski definition) is 2. The van der Waals surface area contributed by atoms with E-state index < -0.39 is 0 Å². The molecule has 0 bridgehead atoms. The maximum atomic E-state index is 12.9. The molecular formula is C23H21N3O3S. The molecule has 0 saturated heterocycles. The van der Waals surface area contributed by atoms with Gasteiger partial charge in [0.05, 0.1) is 10.9 Å². The number of aromatic nitrogens is 2. The molecule has 0 spiro atoms. The van der Waals surface area contributed by atoms with Crippen LogP contribution < -0.4 is 10.9 Å². The van der Waals surface area contributed by atoms with Gasteiger partial charge < -0.3 is 15.0 Å². The lowest BCUT2D eigenvalue weighted by atomic mass is 10.1. The Labute approximate surface area is 178 Å². The standard InChI is InChI=1S/C23H21N3O3S/c1-29-13-5-12-26-22(28)18-11-10-16(14-20(18)25-23(26)30)21(27)24-19-9-4-7-15-6-2-3-8-17(15)19/h2-4,6-11,14H,5,12-13H2,1H3,(H,24,27)(H,25,30). The summed E-state index contributed by atoms with van der Waals surface area (Å²) in [5.74, 6) is -0.253. The Morgan fingerprint density at radius 2 is 1.90 bits per heavy atom. The Balaban J connectivity index is 1.66. The molecule has 0 aliphatic carbocycles. The first-order valence-corrected chi connectivity index (χ1v) is 10.0. The number of nitrogens with zero attached hydrogens (tertiary/aromatic N) is 1. The third-order valence-electron chi connectivity index (χ3n) is 5.01. The second kappa shape index (κ2) is 8.61. The molecule has 0 fully saturated rings. The van der Waals surface area contributed by atoms with Gasteiger partial charge in [0.15, 0.2) is 4.77 Å². The Morgan fingerprint density at radius 3 is 2.73 bits per heavy atom. The van der Waals surface area contributed by atoms with Gasteiger partial charge in [0.2, 0.25) is 0 Å². The van der Waals surface area contributed by atoms with Gasteiger partial charge in [-0.3, -0.25) is 14.2 Å². The monoisotopic (exact) mass is 419 g/mol. The fourth-order valence-electron chi connectivity index (χ4n) is 3.49.